The molecule has 14 heavy (non-hydrogen) atoms. The molecule has 5 heteroatoms. The number of hydrogen-bond acceptors (Lipinski definition) is 2. The Morgan fingerprint density at radius 1 is 1.57 bits per heavy atom. The minimum absolute atomic E-state index is 0.0169. The fourth-order valence-electron chi connectivity index (χ4n) is 1.51. The van der Waals surface area contributed by atoms with Crippen molar-refractivity contribution in [3.05, 3.63) is 20.8 Å². The Labute approximate surface area is 93.6 Å². The lowest BCUT2D eigenvalue weighted by Gasteiger charge is -2.35. The highest BCUT2D eigenvalue weighted by Gasteiger charge is 2.44. The van der Waals surface area contributed by atoms with Crippen LogP contribution in [0.5, 0.6) is 0 Å². The van der Waals surface area contributed by atoms with Crippen molar-refractivity contribution in [3.8, 4) is 0 Å². The first-order valence-electron chi connectivity index (χ1n) is 4.40. The maximum absolute atomic E-state index is 12.5. The van der Waals surface area contributed by atoms with E-state index < -0.39 is 5.92 Å². The van der Waals surface area contributed by atoms with Gasteiger partial charge in [-0.1, -0.05) is 0 Å². The van der Waals surface area contributed by atoms with Crippen molar-refractivity contribution in [2.75, 3.05) is 0 Å². The van der Waals surface area contributed by atoms with Crippen molar-refractivity contribution in [3.63, 3.8) is 0 Å². The standard InChI is InChI=1S/C9H10BrF2NS/c10-8-6(1-2-14-8)5-13-7-3-9(11,12)4-7/h1-2,7,13H,3-5H2. The summed E-state index contributed by atoms with van der Waals surface area (Å²) in [6.45, 7) is 0.671. The first kappa shape index (κ1) is 10.5. The maximum atomic E-state index is 12.5. The minimum atomic E-state index is -2.43. The van der Waals surface area contributed by atoms with Crippen molar-refractivity contribution in [1.82, 2.24) is 5.32 Å². The van der Waals surface area contributed by atoms with Crippen LogP contribution in [-0.2, 0) is 6.54 Å². The smallest absolute Gasteiger partial charge is 0.251 e. The summed E-state index contributed by atoms with van der Waals surface area (Å²) in [6, 6.07) is 1.98. The van der Waals surface area contributed by atoms with Crippen molar-refractivity contribution in [2.24, 2.45) is 0 Å². The van der Waals surface area contributed by atoms with Crippen molar-refractivity contribution < 1.29 is 8.78 Å². The Bertz CT molecular complexity index is 318. The zero-order chi connectivity index (χ0) is 10.2. The second-order valence-corrected chi connectivity index (χ2v) is 5.80. The lowest BCUT2D eigenvalue weighted by Crippen LogP contribution is -2.48. The Balaban J connectivity index is 1.77. The Kier molecular flexibility index (Phi) is 2.91. The van der Waals surface area contributed by atoms with Gasteiger partial charge in [0.2, 0.25) is 0 Å². The fraction of sp³-hybridized carbons (Fsp3) is 0.556. The van der Waals surface area contributed by atoms with Gasteiger partial charge in [0.15, 0.2) is 0 Å². The average Bonchev–Trinajstić information content (AvgIpc) is 2.44. The van der Waals surface area contributed by atoms with Gasteiger partial charge in [-0.3, -0.25) is 0 Å². The van der Waals surface area contributed by atoms with E-state index >= 15 is 0 Å². The summed E-state index contributed by atoms with van der Waals surface area (Å²) in [7, 11) is 0. The molecule has 1 aliphatic rings. The molecule has 0 saturated heterocycles. The predicted molar refractivity (Wildman–Crippen MR) is 56.8 cm³/mol. The van der Waals surface area contributed by atoms with Gasteiger partial charge in [0.25, 0.3) is 5.92 Å². The van der Waals surface area contributed by atoms with Crippen LogP contribution < -0.4 is 5.32 Å². The van der Waals surface area contributed by atoms with Crippen LogP contribution in [0.4, 0.5) is 8.78 Å². The van der Waals surface area contributed by atoms with Crippen LogP contribution in [-0.4, -0.2) is 12.0 Å². The molecule has 0 bridgehead atoms. The number of alkyl halides is 2. The van der Waals surface area contributed by atoms with Crippen LogP contribution in [0.15, 0.2) is 15.2 Å². The van der Waals surface area contributed by atoms with Crippen LogP contribution in [0.1, 0.15) is 18.4 Å². The molecular formula is C9H10BrF2NS. The zero-order valence-corrected chi connectivity index (χ0v) is 9.80. The third kappa shape index (κ3) is 2.32. The molecular weight excluding hydrogens is 272 g/mol. The van der Waals surface area contributed by atoms with Crippen molar-refractivity contribution >= 4 is 27.3 Å². The number of hydrogen-bond donors (Lipinski definition) is 1. The van der Waals surface area contributed by atoms with Gasteiger partial charge in [-0.2, -0.15) is 0 Å². The second-order valence-electron chi connectivity index (χ2n) is 3.56. The number of rotatable bonds is 3. The second kappa shape index (κ2) is 3.87. The van der Waals surface area contributed by atoms with Gasteiger partial charge >= 0.3 is 0 Å². The average molecular weight is 282 g/mol. The van der Waals surface area contributed by atoms with Crippen LogP contribution in [0, 0.1) is 0 Å². The molecule has 0 radical (unpaired) electrons. The predicted octanol–water partition coefficient (Wildman–Crippen LogP) is 3.40. The van der Waals surface area contributed by atoms with Gasteiger partial charge in [-0.25, -0.2) is 8.78 Å². The van der Waals surface area contributed by atoms with E-state index in [9.17, 15) is 8.78 Å². The van der Waals surface area contributed by atoms with E-state index in [0.717, 1.165) is 9.35 Å². The summed E-state index contributed by atoms with van der Waals surface area (Å²) in [5, 5.41) is 5.10. The Hall–Kier alpha value is -0.000000000000000111. The third-order valence-corrected chi connectivity index (χ3v) is 4.18. The lowest BCUT2D eigenvalue weighted by molar-refractivity contribution is -0.0930. The highest BCUT2D eigenvalue weighted by molar-refractivity contribution is 9.11. The van der Waals surface area contributed by atoms with Gasteiger partial charge in [0, 0.05) is 25.4 Å². The van der Waals surface area contributed by atoms with E-state index in [-0.39, 0.29) is 18.9 Å². The molecule has 0 unspecified atom stereocenters. The molecule has 1 saturated carbocycles. The highest BCUT2D eigenvalue weighted by atomic mass is 79.9. The van der Waals surface area contributed by atoms with E-state index in [4.69, 9.17) is 0 Å². The summed E-state index contributed by atoms with van der Waals surface area (Å²) >= 11 is 5.02. The highest BCUT2D eigenvalue weighted by Crippen LogP contribution is 2.37. The topological polar surface area (TPSA) is 12.0 Å². The first-order valence-corrected chi connectivity index (χ1v) is 6.07. The zero-order valence-electron chi connectivity index (χ0n) is 7.40. The van der Waals surface area contributed by atoms with Crippen LogP contribution in [0.3, 0.4) is 0 Å². The van der Waals surface area contributed by atoms with Crippen LogP contribution in [0.2, 0.25) is 0 Å². The van der Waals surface area contributed by atoms with Crippen LogP contribution >= 0.6 is 27.3 Å². The molecule has 2 rings (SSSR count). The largest absolute Gasteiger partial charge is 0.309 e. The summed E-state index contributed by atoms with van der Waals surface area (Å²) in [4.78, 5) is 0. The summed E-state index contributed by atoms with van der Waals surface area (Å²) in [5.41, 5.74) is 1.14. The van der Waals surface area contributed by atoms with Gasteiger partial charge in [-0.05, 0) is 32.9 Å². The Morgan fingerprint density at radius 3 is 2.79 bits per heavy atom. The van der Waals surface area contributed by atoms with E-state index in [1.165, 1.54) is 0 Å². The molecule has 0 amide bonds. The molecule has 0 atom stereocenters. The number of thiophene rings is 1. The summed E-state index contributed by atoms with van der Waals surface area (Å²) < 4.78 is 26.1. The SMILES string of the molecule is FC1(F)CC(NCc2ccsc2Br)C1. The van der Waals surface area contributed by atoms with Crippen molar-refractivity contribution in [2.45, 2.75) is 31.4 Å². The van der Waals surface area contributed by atoms with E-state index in [1.807, 2.05) is 11.4 Å². The Morgan fingerprint density at radius 2 is 2.29 bits per heavy atom. The van der Waals surface area contributed by atoms with Gasteiger partial charge in [0.1, 0.15) is 0 Å². The van der Waals surface area contributed by atoms with Gasteiger partial charge in [0.05, 0.1) is 3.79 Å². The molecule has 1 aromatic rings. The molecule has 0 spiro atoms. The maximum Gasteiger partial charge on any atom is 0.251 e. The molecule has 78 valence electrons. The normalized spacial score (nSPS) is 20.8. The van der Waals surface area contributed by atoms with Crippen LogP contribution in [0.25, 0.3) is 0 Å². The third-order valence-electron chi connectivity index (χ3n) is 2.36. The molecule has 1 fully saturated rings. The minimum Gasteiger partial charge on any atom is -0.309 e. The molecule has 0 aliphatic heterocycles. The molecule has 1 aliphatic carbocycles. The van der Waals surface area contributed by atoms with E-state index in [1.54, 1.807) is 11.3 Å². The summed E-state index contributed by atoms with van der Waals surface area (Å²) in [5.74, 6) is -2.43. The van der Waals surface area contributed by atoms with Crippen molar-refractivity contribution in [1.29, 1.82) is 0 Å². The molecule has 1 heterocycles. The van der Waals surface area contributed by atoms with Gasteiger partial charge in [-0.15, -0.1) is 11.3 Å². The fourth-order valence-corrected chi connectivity index (χ4v) is 2.74. The molecule has 1 aromatic heterocycles. The van der Waals surface area contributed by atoms with Gasteiger partial charge < -0.3 is 5.32 Å². The quantitative estimate of drug-likeness (QED) is 0.896. The monoisotopic (exact) mass is 281 g/mol. The molecule has 1 nitrogen and oxygen atoms in total. The number of halogens is 3. The molecule has 0 aromatic carbocycles. The number of nitrogens with one attached hydrogen (secondary N) is 1. The lowest BCUT2D eigenvalue weighted by atomic mass is 9.88. The molecule has 1 N–H and O–H groups in total. The van der Waals surface area contributed by atoms with E-state index in [0.29, 0.717) is 6.54 Å². The summed E-state index contributed by atoms with van der Waals surface area (Å²) in [6.07, 6.45) is -0.0382. The first-order chi connectivity index (χ1) is 6.57. The van der Waals surface area contributed by atoms with E-state index in [2.05, 4.69) is 21.2 Å².